The lowest BCUT2D eigenvalue weighted by molar-refractivity contribution is -0.520. The molecule has 0 aromatic carbocycles. The van der Waals surface area contributed by atoms with Crippen molar-refractivity contribution in [1.82, 2.24) is 0 Å². The van der Waals surface area contributed by atoms with Crippen molar-refractivity contribution in [2.45, 2.75) is 40.2 Å². The molecule has 1 N–H and O–H groups in total. The highest BCUT2D eigenvalue weighted by atomic mass is 16.6. The second-order valence-corrected chi connectivity index (χ2v) is 3.66. The van der Waals surface area contributed by atoms with Gasteiger partial charge in [-0.1, -0.05) is 6.92 Å². The van der Waals surface area contributed by atoms with Crippen LogP contribution in [0.3, 0.4) is 0 Å². The zero-order valence-electron chi connectivity index (χ0n) is 8.57. The Morgan fingerprint density at radius 3 is 2.23 bits per heavy atom. The van der Waals surface area contributed by atoms with Gasteiger partial charge in [-0.25, -0.2) is 0 Å². The molecule has 76 valence electrons. The largest absolute Gasteiger partial charge is 0.512 e. The number of aliphatic hydroxyl groups excluding tert-OH is 1. The molecule has 4 heteroatoms. The lowest BCUT2D eigenvalue weighted by Crippen LogP contribution is -2.19. The quantitative estimate of drug-likeness (QED) is 0.418. The van der Waals surface area contributed by atoms with Crippen LogP contribution in [0.4, 0.5) is 0 Å². The number of allylic oxidation sites excluding steroid dienone is 2. The van der Waals surface area contributed by atoms with Gasteiger partial charge in [0.05, 0.1) is 5.76 Å². The molecule has 0 spiro atoms. The third-order valence-corrected chi connectivity index (χ3v) is 2.03. The number of nitrogens with zero attached hydrogens (tertiary/aromatic N) is 1. The molecule has 0 rings (SSSR count). The van der Waals surface area contributed by atoms with Crippen LogP contribution in [0.1, 0.15) is 34.1 Å². The van der Waals surface area contributed by atoms with Crippen molar-refractivity contribution in [3.8, 4) is 0 Å². The van der Waals surface area contributed by atoms with Crippen LogP contribution in [0.2, 0.25) is 0 Å². The Kier molecular flexibility index (Phi) is 4.45. The monoisotopic (exact) mass is 187 g/mol. The lowest BCUT2D eigenvalue weighted by atomic mass is 9.99. The first-order valence-electron chi connectivity index (χ1n) is 4.36. The van der Waals surface area contributed by atoms with Crippen molar-refractivity contribution in [3.63, 3.8) is 0 Å². The van der Waals surface area contributed by atoms with Crippen LogP contribution in [0.15, 0.2) is 11.3 Å². The standard InChI is InChI=1S/C9H17NO3/c1-6(2)9(11)7(3)5-8(4)10(12)13/h7-8,11H,5H2,1-4H3/t7?,8-/m1/s1. The maximum atomic E-state index is 10.3. The van der Waals surface area contributed by atoms with E-state index in [-0.39, 0.29) is 16.6 Å². The summed E-state index contributed by atoms with van der Waals surface area (Å²) in [5.74, 6) is 0.138. The highest BCUT2D eigenvalue weighted by Crippen LogP contribution is 2.18. The molecule has 0 radical (unpaired) electrons. The first-order chi connectivity index (χ1) is 5.86. The minimum absolute atomic E-state index is 0.134. The van der Waals surface area contributed by atoms with E-state index < -0.39 is 6.04 Å². The number of rotatable bonds is 4. The fourth-order valence-electron chi connectivity index (χ4n) is 1.20. The van der Waals surface area contributed by atoms with Gasteiger partial charge >= 0.3 is 0 Å². The maximum absolute atomic E-state index is 10.3. The third kappa shape index (κ3) is 3.92. The molecular formula is C9H17NO3. The molecule has 0 aliphatic heterocycles. The van der Waals surface area contributed by atoms with Gasteiger partial charge in [-0.3, -0.25) is 10.1 Å². The Balaban J connectivity index is 4.24. The van der Waals surface area contributed by atoms with Crippen molar-refractivity contribution in [1.29, 1.82) is 0 Å². The zero-order chi connectivity index (χ0) is 10.6. The van der Waals surface area contributed by atoms with Gasteiger partial charge < -0.3 is 5.11 Å². The van der Waals surface area contributed by atoms with Gasteiger partial charge in [0.15, 0.2) is 0 Å². The van der Waals surface area contributed by atoms with Crippen molar-refractivity contribution in [2.24, 2.45) is 5.92 Å². The molecule has 0 aliphatic carbocycles. The second-order valence-electron chi connectivity index (χ2n) is 3.66. The molecule has 0 aromatic heterocycles. The molecule has 0 bridgehead atoms. The Morgan fingerprint density at radius 2 is 1.92 bits per heavy atom. The smallest absolute Gasteiger partial charge is 0.211 e. The second kappa shape index (κ2) is 4.84. The number of nitro groups is 1. The summed E-state index contributed by atoms with van der Waals surface area (Å²) in [7, 11) is 0. The first kappa shape index (κ1) is 11.9. The van der Waals surface area contributed by atoms with Crippen LogP contribution in [0, 0.1) is 16.0 Å². The minimum atomic E-state index is -0.600. The summed E-state index contributed by atoms with van der Waals surface area (Å²) >= 11 is 0. The highest BCUT2D eigenvalue weighted by molar-refractivity contribution is 5.04. The van der Waals surface area contributed by atoms with Gasteiger partial charge in [0.25, 0.3) is 0 Å². The lowest BCUT2D eigenvalue weighted by Gasteiger charge is -2.12. The summed E-state index contributed by atoms with van der Waals surface area (Å²) in [6, 6.07) is -0.600. The van der Waals surface area contributed by atoms with E-state index in [1.54, 1.807) is 27.7 Å². The number of aliphatic hydroxyl groups is 1. The molecule has 4 nitrogen and oxygen atoms in total. The SMILES string of the molecule is CC(C)=C(O)C(C)C[C@@H](C)[N+](=O)[O-]. The van der Waals surface area contributed by atoms with E-state index in [1.807, 2.05) is 0 Å². The van der Waals surface area contributed by atoms with Crippen LogP contribution in [0.5, 0.6) is 0 Å². The minimum Gasteiger partial charge on any atom is -0.512 e. The molecule has 2 atom stereocenters. The van der Waals surface area contributed by atoms with Crippen molar-refractivity contribution in [2.75, 3.05) is 0 Å². The van der Waals surface area contributed by atoms with Crippen LogP contribution < -0.4 is 0 Å². The number of hydrogen-bond acceptors (Lipinski definition) is 3. The van der Waals surface area contributed by atoms with E-state index in [2.05, 4.69) is 0 Å². The first-order valence-corrected chi connectivity index (χ1v) is 4.36. The van der Waals surface area contributed by atoms with Crippen LogP contribution in [-0.2, 0) is 0 Å². The predicted molar refractivity (Wildman–Crippen MR) is 51.2 cm³/mol. The molecule has 0 heterocycles. The molecule has 0 fully saturated rings. The molecule has 0 saturated carbocycles. The average Bonchev–Trinajstić information content (AvgIpc) is 2.02. The van der Waals surface area contributed by atoms with E-state index in [1.165, 1.54) is 0 Å². The molecule has 0 saturated heterocycles. The van der Waals surface area contributed by atoms with Gasteiger partial charge in [-0.2, -0.15) is 0 Å². The average molecular weight is 187 g/mol. The van der Waals surface area contributed by atoms with E-state index in [0.717, 1.165) is 5.57 Å². The summed E-state index contributed by atoms with van der Waals surface area (Å²) in [5, 5.41) is 19.8. The summed E-state index contributed by atoms with van der Waals surface area (Å²) in [5.41, 5.74) is 0.822. The predicted octanol–water partition coefficient (Wildman–Crippen LogP) is 2.53. The fraction of sp³-hybridized carbons (Fsp3) is 0.778. The Labute approximate surface area is 78.4 Å². The van der Waals surface area contributed by atoms with Crippen LogP contribution >= 0.6 is 0 Å². The Bertz CT molecular complexity index is 219. The summed E-state index contributed by atoms with van der Waals surface area (Å²) in [6.45, 7) is 6.93. The van der Waals surface area contributed by atoms with E-state index >= 15 is 0 Å². The number of hydrogen-bond donors (Lipinski definition) is 1. The highest BCUT2D eigenvalue weighted by Gasteiger charge is 2.19. The normalized spacial score (nSPS) is 14.8. The molecule has 0 amide bonds. The molecule has 0 aliphatic rings. The zero-order valence-corrected chi connectivity index (χ0v) is 8.57. The van der Waals surface area contributed by atoms with Gasteiger partial charge in [0.1, 0.15) is 0 Å². The summed E-state index contributed by atoms with van der Waals surface area (Å²) < 4.78 is 0. The van der Waals surface area contributed by atoms with Gasteiger partial charge in [-0.15, -0.1) is 0 Å². The van der Waals surface area contributed by atoms with Crippen molar-refractivity contribution < 1.29 is 10.0 Å². The van der Waals surface area contributed by atoms with Gasteiger partial charge in [0.2, 0.25) is 6.04 Å². The molecule has 13 heavy (non-hydrogen) atoms. The molecule has 0 aromatic rings. The van der Waals surface area contributed by atoms with Crippen molar-refractivity contribution >= 4 is 0 Å². The van der Waals surface area contributed by atoms with E-state index in [0.29, 0.717) is 6.42 Å². The maximum Gasteiger partial charge on any atom is 0.211 e. The van der Waals surface area contributed by atoms with E-state index in [9.17, 15) is 15.2 Å². The molecule has 1 unspecified atom stereocenters. The van der Waals surface area contributed by atoms with Gasteiger partial charge in [0, 0.05) is 24.2 Å². The Morgan fingerprint density at radius 1 is 1.46 bits per heavy atom. The van der Waals surface area contributed by atoms with E-state index in [4.69, 9.17) is 0 Å². The van der Waals surface area contributed by atoms with Gasteiger partial charge in [-0.05, 0) is 19.4 Å². The summed E-state index contributed by atoms with van der Waals surface area (Å²) in [4.78, 5) is 10.0. The van der Waals surface area contributed by atoms with Crippen LogP contribution in [0.25, 0.3) is 0 Å². The van der Waals surface area contributed by atoms with Crippen molar-refractivity contribution in [3.05, 3.63) is 21.4 Å². The Hall–Kier alpha value is -1.06. The fourth-order valence-corrected chi connectivity index (χ4v) is 1.20. The summed E-state index contributed by atoms with van der Waals surface area (Å²) in [6.07, 6.45) is 0.379. The molecular weight excluding hydrogens is 170 g/mol. The topological polar surface area (TPSA) is 63.4 Å². The third-order valence-electron chi connectivity index (χ3n) is 2.03. The van der Waals surface area contributed by atoms with Crippen LogP contribution in [-0.4, -0.2) is 16.1 Å².